The van der Waals surface area contributed by atoms with Crippen LogP contribution in [0.15, 0.2) is 11.2 Å². The Balaban J connectivity index is 0.00000220. The molecule has 1 aliphatic rings. The van der Waals surface area contributed by atoms with Crippen molar-refractivity contribution in [2.24, 2.45) is 11.7 Å². The molecular formula is C13H25ClN4O2S. The number of nitrogens with one attached hydrogen (secondary N) is 1. The summed E-state index contributed by atoms with van der Waals surface area (Å²) < 4.78 is 28.9. The standard InChI is InChI=1S/C13H24N4O2S.ClH/c1-3-17-9-13(16-10(17)2)20(18,19)15-8-11-5-4-6-12(14)7-11;/h9,11-12,15H,3-8,14H2,1-2H3;1H. The normalized spacial score (nSPS) is 22.8. The Morgan fingerprint density at radius 3 is 2.76 bits per heavy atom. The van der Waals surface area contributed by atoms with Gasteiger partial charge in [-0.1, -0.05) is 6.42 Å². The second kappa shape index (κ2) is 7.58. The summed E-state index contributed by atoms with van der Waals surface area (Å²) in [6.07, 6.45) is 5.65. The molecule has 0 bridgehead atoms. The predicted molar refractivity (Wildman–Crippen MR) is 85.0 cm³/mol. The van der Waals surface area contributed by atoms with Crippen molar-refractivity contribution in [1.82, 2.24) is 14.3 Å². The molecule has 8 heteroatoms. The van der Waals surface area contributed by atoms with Gasteiger partial charge in [-0.05, 0) is 39.0 Å². The molecule has 0 amide bonds. The van der Waals surface area contributed by atoms with Crippen LogP contribution in [0.2, 0.25) is 0 Å². The van der Waals surface area contributed by atoms with Gasteiger partial charge < -0.3 is 10.3 Å². The van der Waals surface area contributed by atoms with E-state index < -0.39 is 10.0 Å². The molecule has 0 saturated heterocycles. The van der Waals surface area contributed by atoms with Crippen LogP contribution in [0.3, 0.4) is 0 Å². The first-order chi connectivity index (χ1) is 9.42. The SMILES string of the molecule is CCn1cc(S(=O)(=O)NCC2CCCC(N)C2)nc1C.Cl. The van der Waals surface area contributed by atoms with Crippen molar-refractivity contribution in [3.8, 4) is 0 Å². The number of imidazole rings is 1. The van der Waals surface area contributed by atoms with E-state index in [1.54, 1.807) is 6.20 Å². The van der Waals surface area contributed by atoms with Crippen LogP contribution in [-0.2, 0) is 16.6 Å². The fourth-order valence-electron chi connectivity index (χ4n) is 2.75. The molecule has 0 aliphatic heterocycles. The molecule has 1 saturated carbocycles. The third-order valence-electron chi connectivity index (χ3n) is 3.96. The lowest BCUT2D eigenvalue weighted by molar-refractivity contribution is 0.322. The summed E-state index contributed by atoms with van der Waals surface area (Å²) in [5, 5.41) is 0.108. The van der Waals surface area contributed by atoms with Crippen LogP contribution in [0.5, 0.6) is 0 Å². The molecule has 1 aliphatic carbocycles. The van der Waals surface area contributed by atoms with Gasteiger partial charge in [-0.25, -0.2) is 18.1 Å². The zero-order chi connectivity index (χ0) is 14.8. The highest BCUT2D eigenvalue weighted by Crippen LogP contribution is 2.22. The maximum atomic E-state index is 12.2. The average molecular weight is 337 g/mol. The summed E-state index contributed by atoms with van der Waals surface area (Å²) in [5.74, 6) is 1.05. The van der Waals surface area contributed by atoms with E-state index in [2.05, 4.69) is 9.71 Å². The van der Waals surface area contributed by atoms with Crippen LogP contribution < -0.4 is 10.5 Å². The van der Waals surface area contributed by atoms with Gasteiger partial charge in [0.2, 0.25) is 0 Å². The number of hydrogen-bond donors (Lipinski definition) is 2. The van der Waals surface area contributed by atoms with Crippen LogP contribution in [-0.4, -0.2) is 30.6 Å². The molecule has 2 rings (SSSR count). The zero-order valence-corrected chi connectivity index (χ0v) is 14.2. The Labute approximate surface area is 133 Å². The highest BCUT2D eigenvalue weighted by Gasteiger charge is 2.23. The minimum Gasteiger partial charge on any atom is -0.334 e. The van der Waals surface area contributed by atoms with Crippen LogP contribution in [0.1, 0.15) is 38.4 Å². The number of aryl methyl sites for hydroxylation is 2. The van der Waals surface area contributed by atoms with Gasteiger partial charge in [0, 0.05) is 25.3 Å². The molecule has 1 fully saturated rings. The topological polar surface area (TPSA) is 90.0 Å². The zero-order valence-electron chi connectivity index (χ0n) is 12.6. The van der Waals surface area contributed by atoms with Gasteiger partial charge in [0.05, 0.1) is 0 Å². The lowest BCUT2D eigenvalue weighted by Crippen LogP contribution is -2.35. The minimum absolute atomic E-state index is 0. The first kappa shape index (κ1) is 18.4. The highest BCUT2D eigenvalue weighted by molar-refractivity contribution is 7.89. The molecule has 122 valence electrons. The number of hydrogen-bond acceptors (Lipinski definition) is 4. The van der Waals surface area contributed by atoms with Gasteiger partial charge in [-0.3, -0.25) is 0 Å². The molecule has 0 radical (unpaired) electrons. The Bertz CT molecular complexity index is 559. The summed E-state index contributed by atoms with van der Waals surface area (Å²) >= 11 is 0. The van der Waals surface area contributed by atoms with Crippen molar-refractivity contribution >= 4 is 22.4 Å². The van der Waals surface area contributed by atoms with Gasteiger partial charge in [-0.2, -0.15) is 0 Å². The van der Waals surface area contributed by atoms with Gasteiger partial charge in [0.1, 0.15) is 5.82 Å². The van der Waals surface area contributed by atoms with Gasteiger partial charge in [-0.15, -0.1) is 12.4 Å². The van der Waals surface area contributed by atoms with Crippen LogP contribution in [0.4, 0.5) is 0 Å². The summed E-state index contributed by atoms with van der Waals surface area (Å²) in [6, 6.07) is 0.208. The van der Waals surface area contributed by atoms with E-state index >= 15 is 0 Å². The molecule has 0 spiro atoms. The number of nitrogens with zero attached hydrogens (tertiary/aromatic N) is 2. The summed E-state index contributed by atoms with van der Waals surface area (Å²) in [6.45, 7) is 4.94. The van der Waals surface area contributed by atoms with Crippen molar-refractivity contribution in [3.05, 3.63) is 12.0 Å². The van der Waals surface area contributed by atoms with E-state index in [0.29, 0.717) is 24.8 Å². The molecule has 1 heterocycles. The van der Waals surface area contributed by atoms with Crippen molar-refractivity contribution in [2.45, 2.75) is 57.1 Å². The fourth-order valence-corrected chi connectivity index (χ4v) is 3.87. The number of rotatable bonds is 5. The molecule has 21 heavy (non-hydrogen) atoms. The fraction of sp³-hybridized carbons (Fsp3) is 0.769. The summed E-state index contributed by atoms with van der Waals surface area (Å²) in [5.41, 5.74) is 5.92. The van der Waals surface area contributed by atoms with Crippen molar-refractivity contribution in [1.29, 1.82) is 0 Å². The molecule has 3 N–H and O–H groups in total. The Morgan fingerprint density at radius 2 is 2.19 bits per heavy atom. The van der Waals surface area contributed by atoms with Gasteiger partial charge in [0.15, 0.2) is 5.03 Å². The van der Waals surface area contributed by atoms with Crippen molar-refractivity contribution in [3.63, 3.8) is 0 Å². The minimum atomic E-state index is -3.51. The third kappa shape index (κ3) is 4.67. The van der Waals surface area contributed by atoms with E-state index in [9.17, 15) is 8.42 Å². The second-order valence-electron chi connectivity index (χ2n) is 5.56. The van der Waals surface area contributed by atoms with Crippen molar-refractivity contribution < 1.29 is 8.42 Å². The molecule has 6 nitrogen and oxygen atoms in total. The molecule has 1 aromatic heterocycles. The smallest absolute Gasteiger partial charge is 0.259 e. The summed E-state index contributed by atoms with van der Waals surface area (Å²) in [4.78, 5) is 4.12. The molecule has 1 aromatic rings. The first-order valence-corrected chi connectivity index (χ1v) is 8.69. The maximum absolute atomic E-state index is 12.2. The van der Waals surface area contributed by atoms with E-state index in [1.807, 2.05) is 18.4 Å². The number of halogens is 1. The number of nitrogens with two attached hydrogens (primary N) is 1. The Morgan fingerprint density at radius 1 is 1.48 bits per heavy atom. The van der Waals surface area contributed by atoms with E-state index in [-0.39, 0.29) is 23.5 Å². The molecule has 0 aromatic carbocycles. The highest BCUT2D eigenvalue weighted by atomic mass is 35.5. The second-order valence-corrected chi connectivity index (χ2v) is 7.27. The van der Waals surface area contributed by atoms with Crippen molar-refractivity contribution in [2.75, 3.05) is 6.54 Å². The van der Waals surface area contributed by atoms with E-state index in [0.717, 1.165) is 25.7 Å². The molecule has 2 unspecified atom stereocenters. The number of aromatic nitrogens is 2. The summed E-state index contributed by atoms with van der Waals surface area (Å²) in [7, 11) is -3.51. The average Bonchev–Trinajstić information content (AvgIpc) is 2.79. The predicted octanol–water partition coefficient (Wildman–Crippen LogP) is 1.43. The van der Waals surface area contributed by atoms with Crippen LogP contribution >= 0.6 is 12.4 Å². The number of sulfonamides is 1. The van der Waals surface area contributed by atoms with Crippen LogP contribution in [0.25, 0.3) is 0 Å². The third-order valence-corrected chi connectivity index (χ3v) is 5.25. The van der Waals surface area contributed by atoms with E-state index in [1.165, 1.54) is 0 Å². The first-order valence-electron chi connectivity index (χ1n) is 7.21. The molecular weight excluding hydrogens is 312 g/mol. The quantitative estimate of drug-likeness (QED) is 0.851. The van der Waals surface area contributed by atoms with Gasteiger partial charge in [0.25, 0.3) is 10.0 Å². The van der Waals surface area contributed by atoms with E-state index in [4.69, 9.17) is 5.73 Å². The Hall–Kier alpha value is -0.630. The monoisotopic (exact) mass is 336 g/mol. The van der Waals surface area contributed by atoms with Crippen LogP contribution in [0, 0.1) is 12.8 Å². The van der Waals surface area contributed by atoms with Gasteiger partial charge >= 0.3 is 0 Å². The lowest BCUT2D eigenvalue weighted by atomic mass is 9.86. The lowest BCUT2D eigenvalue weighted by Gasteiger charge is -2.26. The largest absolute Gasteiger partial charge is 0.334 e. The Kier molecular flexibility index (Phi) is 6.65. The molecule has 2 atom stereocenters. The maximum Gasteiger partial charge on any atom is 0.259 e.